The minimum Gasteiger partial charge on any atom is -0.493 e. The van der Waals surface area contributed by atoms with Crippen molar-refractivity contribution in [1.29, 1.82) is 0 Å². The van der Waals surface area contributed by atoms with Crippen LogP contribution in [-0.2, 0) is 17.9 Å². The Balaban J connectivity index is 1.54. The fourth-order valence-electron chi connectivity index (χ4n) is 2.16. The standard InChI is InChI=1S/C17H17N5O3/c1-24-15-6-2-3-7-16(15)25-12-14-10-22(21-20-14)11-17(23)19-13-5-4-8-18-9-13/h2-10H,11-12H2,1H3,(H,19,23). The first-order valence-corrected chi connectivity index (χ1v) is 7.59. The normalized spacial score (nSPS) is 10.3. The van der Waals surface area contributed by atoms with E-state index in [-0.39, 0.29) is 19.1 Å². The molecule has 0 radical (unpaired) electrons. The molecule has 0 atom stereocenters. The molecule has 0 spiro atoms. The number of benzene rings is 1. The Hall–Kier alpha value is -3.42. The maximum Gasteiger partial charge on any atom is 0.246 e. The highest BCUT2D eigenvalue weighted by molar-refractivity contribution is 5.90. The quantitative estimate of drug-likeness (QED) is 0.707. The molecular formula is C17H17N5O3. The average Bonchev–Trinajstić information content (AvgIpc) is 3.08. The molecule has 2 heterocycles. The molecule has 0 aliphatic rings. The Labute approximate surface area is 144 Å². The molecule has 8 nitrogen and oxygen atoms in total. The monoisotopic (exact) mass is 339 g/mol. The van der Waals surface area contributed by atoms with Gasteiger partial charge < -0.3 is 14.8 Å². The minimum atomic E-state index is -0.213. The van der Waals surface area contributed by atoms with E-state index in [1.54, 1.807) is 37.8 Å². The zero-order chi connectivity index (χ0) is 17.5. The highest BCUT2D eigenvalue weighted by Crippen LogP contribution is 2.26. The van der Waals surface area contributed by atoms with Crippen molar-refractivity contribution in [1.82, 2.24) is 20.0 Å². The van der Waals surface area contributed by atoms with Gasteiger partial charge in [-0.2, -0.15) is 0 Å². The maximum atomic E-state index is 12.0. The van der Waals surface area contributed by atoms with Gasteiger partial charge in [-0.05, 0) is 24.3 Å². The second kappa shape index (κ2) is 7.91. The molecule has 1 N–H and O–H groups in total. The number of carbonyl (C=O) groups is 1. The molecular weight excluding hydrogens is 322 g/mol. The van der Waals surface area contributed by atoms with Gasteiger partial charge in [0.15, 0.2) is 11.5 Å². The van der Waals surface area contributed by atoms with Crippen LogP contribution in [0.1, 0.15) is 5.69 Å². The third-order valence-corrected chi connectivity index (χ3v) is 3.28. The summed E-state index contributed by atoms with van der Waals surface area (Å²) in [5, 5.41) is 10.7. The van der Waals surface area contributed by atoms with Gasteiger partial charge >= 0.3 is 0 Å². The minimum absolute atomic E-state index is 0.0521. The average molecular weight is 339 g/mol. The van der Waals surface area contributed by atoms with Gasteiger partial charge in [-0.15, -0.1) is 5.10 Å². The van der Waals surface area contributed by atoms with Gasteiger partial charge in [-0.25, -0.2) is 4.68 Å². The molecule has 0 saturated heterocycles. The van der Waals surface area contributed by atoms with Gasteiger partial charge in [0.25, 0.3) is 0 Å². The van der Waals surface area contributed by atoms with E-state index < -0.39 is 0 Å². The van der Waals surface area contributed by atoms with E-state index in [4.69, 9.17) is 9.47 Å². The molecule has 0 saturated carbocycles. The molecule has 0 fully saturated rings. The van der Waals surface area contributed by atoms with Crippen molar-refractivity contribution in [3.05, 3.63) is 60.7 Å². The molecule has 25 heavy (non-hydrogen) atoms. The summed E-state index contributed by atoms with van der Waals surface area (Å²) in [5.74, 6) is 1.05. The van der Waals surface area contributed by atoms with Crippen LogP contribution >= 0.6 is 0 Å². The maximum absolute atomic E-state index is 12.0. The number of methoxy groups -OCH3 is 1. The zero-order valence-electron chi connectivity index (χ0n) is 13.6. The van der Waals surface area contributed by atoms with E-state index in [0.717, 1.165) is 0 Å². The number of hydrogen-bond donors (Lipinski definition) is 1. The van der Waals surface area contributed by atoms with E-state index in [0.29, 0.717) is 22.9 Å². The first kappa shape index (κ1) is 16.4. The largest absolute Gasteiger partial charge is 0.493 e. The summed E-state index contributed by atoms with van der Waals surface area (Å²) in [6, 6.07) is 10.9. The number of nitrogens with zero attached hydrogens (tertiary/aromatic N) is 4. The van der Waals surface area contributed by atoms with E-state index in [9.17, 15) is 4.79 Å². The molecule has 0 unspecified atom stereocenters. The molecule has 8 heteroatoms. The summed E-state index contributed by atoms with van der Waals surface area (Å²) in [7, 11) is 1.58. The van der Waals surface area contributed by atoms with E-state index in [2.05, 4.69) is 20.6 Å². The van der Waals surface area contributed by atoms with Crippen molar-refractivity contribution in [2.75, 3.05) is 12.4 Å². The predicted octanol–water partition coefficient (Wildman–Crippen LogP) is 1.90. The number of amides is 1. The smallest absolute Gasteiger partial charge is 0.246 e. The van der Waals surface area contributed by atoms with Crippen LogP contribution in [0.25, 0.3) is 0 Å². The lowest BCUT2D eigenvalue weighted by Gasteiger charge is -2.08. The number of pyridine rings is 1. The van der Waals surface area contributed by atoms with Crippen molar-refractivity contribution in [2.24, 2.45) is 0 Å². The Morgan fingerprint density at radius 3 is 2.80 bits per heavy atom. The number of aromatic nitrogens is 4. The van der Waals surface area contributed by atoms with Crippen molar-refractivity contribution in [2.45, 2.75) is 13.2 Å². The van der Waals surface area contributed by atoms with Crippen LogP contribution in [0.5, 0.6) is 11.5 Å². The molecule has 0 aliphatic carbocycles. The third kappa shape index (κ3) is 4.54. The van der Waals surface area contributed by atoms with Crippen LogP contribution in [0, 0.1) is 0 Å². The third-order valence-electron chi connectivity index (χ3n) is 3.28. The van der Waals surface area contributed by atoms with Crippen molar-refractivity contribution in [3.63, 3.8) is 0 Å². The summed E-state index contributed by atoms with van der Waals surface area (Å²) in [6.45, 7) is 0.279. The number of carbonyl (C=O) groups excluding carboxylic acids is 1. The number of hydrogen-bond acceptors (Lipinski definition) is 6. The number of para-hydroxylation sites is 2. The molecule has 1 amide bonds. The first-order valence-electron chi connectivity index (χ1n) is 7.59. The fraction of sp³-hybridized carbons (Fsp3) is 0.176. The van der Waals surface area contributed by atoms with Crippen LogP contribution in [0.2, 0.25) is 0 Å². The summed E-state index contributed by atoms with van der Waals surface area (Å²) in [4.78, 5) is 15.9. The number of nitrogens with one attached hydrogen (secondary N) is 1. The van der Waals surface area contributed by atoms with Crippen molar-refractivity contribution >= 4 is 11.6 Å². The van der Waals surface area contributed by atoms with Crippen LogP contribution in [0.15, 0.2) is 55.0 Å². The van der Waals surface area contributed by atoms with Crippen LogP contribution in [0.3, 0.4) is 0 Å². The van der Waals surface area contributed by atoms with Crippen LogP contribution < -0.4 is 14.8 Å². The Morgan fingerprint density at radius 2 is 2.04 bits per heavy atom. The second-order valence-corrected chi connectivity index (χ2v) is 5.14. The molecule has 1 aromatic carbocycles. The lowest BCUT2D eigenvalue weighted by molar-refractivity contribution is -0.116. The van der Waals surface area contributed by atoms with Gasteiger partial charge in [0, 0.05) is 6.20 Å². The molecule has 2 aromatic heterocycles. The number of ether oxygens (including phenoxy) is 2. The van der Waals surface area contributed by atoms with Crippen molar-refractivity contribution < 1.29 is 14.3 Å². The van der Waals surface area contributed by atoms with Gasteiger partial charge in [-0.1, -0.05) is 17.3 Å². The highest BCUT2D eigenvalue weighted by atomic mass is 16.5. The van der Waals surface area contributed by atoms with Gasteiger partial charge in [0.1, 0.15) is 18.8 Å². The van der Waals surface area contributed by atoms with Crippen molar-refractivity contribution in [3.8, 4) is 11.5 Å². The lowest BCUT2D eigenvalue weighted by atomic mass is 10.3. The predicted molar refractivity (Wildman–Crippen MR) is 90.2 cm³/mol. The molecule has 128 valence electrons. The Morgan fingerprint density at radius 1 is 1.20 bits per heavy atom. The summed E-state index contributed by atoms with van der Waals surface area (Å²) in [6.07, 6.45) is 4.88. The van der Waals surface area contributed by atoms with Gasteiger partial charge in [-0.3, -0.25) is 9.78 Å². The Bertz CT molecular complexity index is 835. The summed E-state index contributed by atoms with van der Waals surface area (Å²) >= 11 is 0. The van der Waals surface area contributed by atoms with E-state index >= 15 is 0 Å². The van der Waals surface area contributed by atoms with E-state index in [1.807, 2.05) is 24.3 Å². The second-order valence-electron chi connectivity index (χ2n) is 5.14. The van der Waals surface area contributed by atoms with Gasteiger partial charge in [0.2, 0.25) is 5.91 Å². The fourth-order valence-corrected chi connectivity index (χ4v) is 2.16. The topological polar surface area (TPSA) is 91.2 Å². The Kier molecular flexibility index (Phi) is 5.20. The van der Waals surface area contributed by atoms with Crippen LogP contribution in [-0.4, -0.2) is 33.0 Å². The molecule has 0 bridgehead atoms. The summed E-state index contributed by atoms with van der Waals surface area (Å²) < 4.78 is 12.4. The molecule has 0 aliphatic heterocycles. The molecule has 3 aromatic rings. The summed E-state index contributed by atoms with van der Waals surface area (Å²) in [5.41, 5.74) is 1.24. The van der Waals surface area contributed by atoms with Crippen LogP contribution in [0.4, 0.5) is 5.69 Å². The highest BCUT2D eigenvalue weighted by Gasteiger charge is 2.08. The zero-order valence-corrected chi connectivity index (χ0v) is 13.6. The van der Waals surface area contributed by atoms with Gasteiger partial charge in [0.05, 0.1) is 25.2 Å². The molecule has 3 rings (SSSR count). The van der Waals surface area contributed by atoms with E-state index in [1.165, 1.54) is 4.68 Å². The number of rotatable bonds is 7. The first-order chi connectivity index (χ1) is 12.2. The lowest BCUT2D eigenvalue weighted by Crippen LogP contribution is -2.19. The SMILES string of the molecule is COc1ccccc1OCc1cn(CC(=O)Nc2cccnc2)nn1. The number of anilines is 1.